The quantitative estimate of drug-likeness (QED) is 0.889. The second-order valence-corrected chi connectivity index (χ2v) is 7.82. The summed E-state index contributed by atoms with van der Waals surface area (Å²) in [5, 5.41) is 12.6. The van der Waals surface area contributed by atoms with Gasteiger partial charge in [-0.15, -0.1) is 0 Å². The molecule has 1 aliphatic heterocycles. The van der Waals surface area contributed by atoms with E-state index in [1.54, 1.807) is 0 Å². The van der Waals surface area contributed by atoms with E-state index in [9.17, 15) is 5.11 Å². The van der Waals surface area contributed by atoms with Gasteiger partial charge in [-0.2, -0.15) is 0 Å². The fraction of sp³-hybridized carbons (Fsp3) is 0.429. The minimum atomic E-state index is -0.901. The van der Waals surface area contributed by atoms with E-state index in [1.807, 2.05) is 30.3 Å². The van der Waals surface area contributed by atoms with Crippen LogP contribution >= 0.6 is 11.6 Å². The number of halogens is 1. The van der Waals surface area contributed by atoms with Crippen LogP contribution in [0.4, 0.5) is 0 Å². The maximum Gasteiger partial charge on any atom is 0.118 e. The van der Waals surface area contributed by atoms with Gasteiger partial charge in [-0.25, -0.2) is 0 Å². The summed E-state index contributed by atoms with van der Waals surface area (Å²) in [7, 11) is 2.19. The van der Waals surface area contributed by atoms with Crippen LogP contribution < -0.4 is 0 Å². The first kappa shape index (κ1) is 16.1. The van der Waals surface area contributed by atoms with E-state index < -0.39 is 5.60 Å². The molecular weight excluding hydrogens is 318 g/mol. The van der Waals surface area contributed by atoms with Crippen molar-refractivity contribution in [1.29, 1.82) is 0 Å². The average Bonchev–Trinajstić information content (AvgIpc) is 2.91. The molecule has 0 aromatic heterocycles. The lowest BCUT2D eigenvalue weighted by Crippen LogP contribution is -2.42. The monoisotopic (exact) mass is 341 g/mol. The topological polar surface area (TPSA) is 23.5 Å². The van der Waals surface area contributed by atoms with Crippen LogP contribution in [0.3, 0.4) is 0 Å². The largest absolute Gasteiger partial charge is 0.380 e. The minimum absolute atomic E-state index is 0.241. The smallest absolute Gasteiger partial charge is 0.118 e. The van der Waals surface area contributed by atoms with Gasteiger partial charge in [0.2, 0.25) is 0 Å². The van der Waals surface area contributed by atoms with Gasteiger partial charge in [0, 0.05) is 10.9 Å². The van der Waals surface area contributed by atoms with E-state index >= 15 is 0 Å². The highest BCUT2D eigenvalue weighted by atomic mass is 35.5. The average molecular weight is 342 g/mol. The van der Waals surface area contributed by atoms with E-state index in [2.05, 4.69) is 30.1 Å². The SMILES string of the molecule is CN1CCC([C@H]2Cc3ccccc3[C@]2(O)c2ccc(Cl)cc2)CC1. The van der Waals surface area contributed by atoms with Crippen molar-refractivity contribution in [3.05, 3.63) is 70.2 Å². The molecule has 24 heavy (non-hydrogen) atoms. The maximum absolute atomic E-state index is 11.9. The number of rotatable bonds is 2. The van der Waals surface area contributed by atoms with Crippen molar-refractivity contribution in [2.75, 3.05) is 20.1 Å². The molecule has 2 nitrogen and oxygen atoms in total. The van der Waals surface area contributed by atoms with Crippen molar-refractivity contribution in [1.82, 2.24) is 4.90 Å². The number of benzene rings is 2. The third-order valence-corrected chi connectivity index (χ3v) is 6.27. The van der Waals surface area contributed by atoms with Crippen LogP contribution in [-0.4, -0.2) is 30.1 Å². The van der Waals surface area contributed by atoms with E-state index in [1.165, 1.54) is 5.56 Å². The van der Waals surface area contributed by atoms with Gasteiger partial charge < -0.3 is 10.0 Å². The minimum Gasteiger partial charge on any atom is -0.380 e. The van der Waals surface area contributed by atoms with Gasteiger partial charge in [-0.1, -0.05) is 48.0 Å². The Morgan fingerprint density at radius 1 is 1.04 bits per heavy atom. The van der Waals surface area contributed by atoms with Crippen LogP contribution in [0.1, 0.15) is 29.5 Å². The Bertz CT molecular complexity index is 721. The summed E-state index contributed by atoms with van der Waals surface area (Å²) in [6, 6.07) is 16.2. The number of likely N-dealkylation sites (tertiary alicyclic amines) is 1. The molecule has 0 saturated carbocycles. The molecule has 1 fully saturated rings. The lowest BCUT2D eigenvalue weighted by atomic mass is 9.71. The molecule has 1 aliphatic carbocycles. The predicted molar refractivity (Wildman–Crippen MR) is 98.3 cm³/mol. The Balaban J connectivity index is 1.77. The van der Waals surface area contributed by atoms with Crippen LogP contribution in [0, 0.1) is 11.8 Å². The predicted octanol–water partition coefficient (Wildman–Crippen LogP) is 4.09. The third kappa shape index (κ3) is 2.57. The van der Waals surface area contributed by atoms with Crippen LogP contribution in [0.5, 0.6) is 0 Å². The van der Waals surface area contributed by atoms with E-state index in [-0.39, 0.29) is 5.92 Å². The number of nitrogens with zero attached hydrogens (tertiary/aromatic N) is 1. The van der Waals surface area contributed by atoms with E-state index in [0.717, 1.165) is 43.5 Å². The summed E-state index contributed by atoms with van der Waals surface area (Å²) in [5.74, 6) is 0.791. The molecule has 2 atom stereocenters. The standard InChI is InChI=1S/C21H24ClNO/c1-23-12-10-15(11-13-23)20-14-16-4-2-3-5-19(16)21(20,24)17-6-8-18(22)9-7-17/h2-9,15,20,24H,10-14H2,1H3/t20-,21-/m1/s1. The Hall–Kier alpha value is -1.35. The van der Waals surface area contributed by atoms with Crippen LogP contribution in [-0.2, 0) is 12.0 Å². The van der Waals surface area contributed by atoms with Crippen molar-refractivity contribution in [2.24, 2.45) is 11.8 Å². The Morgan fingerprint density at radius 2 is 1.71 bits per heavy atom. The van der Waals surface area contributed by atoms with Crippen molar-refractivity contribution in [3.8, 4) is 0 Å². The molecule has 0 radical (unpaired) electrons. The number of hydrogen-bond acceptors (Lipinski definition) is 2. The summed E-state index contributed by atoms with van der Waals surface area (Å²) in [6.07, 6.45) is 3.28. The van der Waals surface area contributed by atoms with Gasteiger partial charge in [-0.3, -0.25) is 0 Å². The molecule has 0 bridgehead atoms. The summed E-state index contributed by atoms with van der Waals surface area (Å²) in [4.78, 5) is 2.39. The van der Waals surface area contributed by atoms with Crippen molar-refractivity contribution >= 4 is 11.6 Å². The fourth-order valence-electron chi connectivity index (χ4n) is 4.67. The summed E-state index contributed by atoms with van der Waals surface area (Å²) >= 11 is 6.08. The van der Waals surface area contributed by atoms with Gasteiger partial charge in [0.25, 0.3) is 0 Å². The molecule has 1 heterocycles. The molecule has 1 saturated heterocycles. The molecule has 3 heteroatoms. The van der Waals surface area contributed by atoms with Crippen LogP contribution in [0.25, 0.3) is 0 Å². The first-order chi connectivity index (χ1) is 11.6. The zero-order valence-electron chi connectivity index (χ0n) is 14.1. The molecule has 1 N–H and O–H groups in total. The Morgan fingerprint density at radius 3 is 2.42 bits per heavy atom. The summed E-state index contributed by atoms with van der Waals surface area (Å²) < 4.78 is 0. The molecule has 2 aromatic rings. The highest BCUT2D eigenvalue weighted by Crippen LogP contribution is 2.51. The van der Waals surface area contributed by atoms with Crippen LogP contribution in [0.15, 0.2) is 48.5 Å². The highest BCUT2D eigenvalue weighted by molar-refractivity contribution is 6.30. The highest BCUT2D eigenvalue weighted by Gasteiger charge is 2.49. The van der Waals surface area contributed by atoms with E-state index in [0.29, 0.717) is 10.9 Å². The number of aliphatic hydroxyl groups is 1. The molecule has 2 aromatic carbocycles. The number of fused-ring (bicyclic) bond motifs is 1. The summed E-state index contributed by atoms with van der Waals surface area (Å²) in [5.41, 5.74) is 2.44. The normalized spacial score (nSPS) is 28.0. The molecular formula is C21H24ClNO. The van der Waals surface area contributed by atoms with Crippen LogP contribution in [0.2, 0.25) is 5.02 Å². The summed E-state index contributed by atoms with van der Waals surface area (Å²) in [6.45, 7) is 2.24. The molecule has 4 rings (SSSR count). The van der Waals surface area contributed by atoms with Crippen molar-refractivity contribution < 1.29 is 5.11 Å². The molecule has 0 amide bonds. The molecule has 126 valence electrons. The zero-order valence-corrected chi connectivity index (χ0v) is 14.8. The van der Waals surface area contributed by atoms with Gasteiger partial charge in [0.1, 0.15) is 5.60 Å². The van der Waals surface area contributed by atoms with Crippen molar-refractivity contribution in [3.63, 3.8) is 0 Å². The van der Waals surface area contributed by atoms with Gasteiger partial charge in [-0.05, 0) is 74.1 Å². The third-order valence-electron chi connectivity index (χ3n) is 6.02. The second kappa shape index (κ2) is 6.18. The lowest BCUT2D eigenvalue weighted by Gasteiger charge is -2.40. The molecule has 0 spiro atoms. The molecule has 0 unspecified atom stereocenters. The first-order valence-electron chi connectivity index (χ1n) is 8.84. The zero-order chi connectivity index (χ0) is 16.7. The van der Waals surface area contributed by atoms with Crippen molar-refractivity contribution in [2.45, 2.75) is 24.9 Å². The van der Waals surface area contributed by atoms with Gasteiger partial charge in [0.05, 0.1) is 0 Å². The lowest BCUT2D eigenvalue weighted by molar-refractivity contribution is -0.0120. The van der Waals surface area contributed by atoms with E-state index in [4.69, 9.17) is 11.6 Å². The number of piperidine rings is 1. The fourth-order valence-corrected chi connectivity index (χ4v) is 4.79. The Labute approximate surface area is 149 Å². The first-order valence-corrected chi connectivity index (χ1v) is 9.22. The second-order valence-electron chi connectivity index (χ2n) is 7.38. The molecule has 2 aliphatic rings. The maximum atomic E-state index is 11.9. The Kier molecular flexibility index (Phi) is 4.16. The number of hydrogen-bond donors (Lipinski definition) is 1. The van der Waals surface area contributed by atoms with Gasteiger partial charge >= 0.3 is 0 Å². The van der Waals surface area contributed by atoms with Gasteiger partial charge in [0.15, 0.2) is 0 Å².